The second-order valence-corrected chi connectivity index (χ2v) is 2.63. The Morgan fingerprint density at radius 2 is 2.00 bits per heavy atom. The SMILES string of the molecule is Sc1nccc2cccnc12. The highest BCUT2D eigenvalue weighted by molar-refractivity contribution is 7.80. The number of thiol groups is 1. The standard InChI is InChI=1S/C8H6N2S/c11-8-7-6(3-5-10-8)2-1-4-9-7/h1-5H,(H,10,11). The zero-order valence-electron chi connectivity index (χ0n) is 5.73. The third-order valence-electron chi connectivity index (χ3n) is 1.50. The summed E-state index contributed by atoms with van der Waals surface area (Å²) in [6, 6.07) is 5.81. The van der Waals surface area contributed by atoms with Crippen molar-refractivity contribution in [3.05, 3.63) is 30.6 Å². The second kappa shape index (κ2) is 2.51. The van der Waals surface area contributed by atoms with Crippen LogP contribution < -0.4 is 0 Å². The molecule has 0 radical (unpaired) electrons. The molecule has 0 atom stereocenters. The molecule has 0 amide bonds. The third kappa shape index (κ3) is 1.07. The maximum Gasteiger partial charge on any atom is 0.119 e. The third-order valence-corrected chi connectivity index (χ3v) is 1.83. The number of fused-ring (bicyclic) bond motifs is 1. The van der Waals surface area contributed by atoms with Crippen LogP contribution in [0.3, 0.4) is 0 Å². The van der Waals surface area contributed by atoms with Crippen molar-refractivity contribution < 1.29 is 0 Å². The van der Waals surface area contributed by atoms with Gasteiger partial charge in [-0.1, -0.05) is 6.07 Å². The van der Waals surface area contributed by atoms with Gasteiger partial charge in [0.05, 0.1) is 0 Å². The molecule has 11 heavy (non-hydrogen) atoms. The van der Waals surface area contributed by atoms with E-state index in [1.54, 1.807) is 12.4 Å². The summed E-state index contributed by atoms with van der Waals surface area (Å²) in [6.07, 6.45) is 3.47. The maximum absolute atomic E-state index is 4.18. The molecule has 0 unspecified atom stereocenters. The highest BCUT2D eigenvalue weighted by Gasteiger charge is 1.96. The fourth-order valence-electron chi connectivity index (χ4n) is 0.988. The molecule has 0 N–H and O–H groups in total. The zero-order valence-corrected chi connectivity index (χ0v) is 6.62. The van der Waals surface area contributed by atoms with E-state index in [1.165, 1.54) is 0 Å². The topological polar surface area (TPSA) is 25.8 Å². The Kier molecular flexibility index (Phi) is 1.51. The predicted octanol–water partition coefficient (Wildman–Crippen LogP) is 1.92. The molecule has 0 aliphatic heterocycles. The Bertz CT molecular complexity index is 381. The molecule has 2 nitrogen and oxygen atoms in total. The van der Waals surface area contributed by atoms with Crippen LogP contribution in [0.4, 0.5) is 0 Å². The monoisotopic (exact) mass is 162 g/mol. The Balaban J connectivity index is 2.91. The number of hydrogen-bond donors (Lipinski definition) is 1. The first-order valence-corrected chi connectivity index (χ1v) is 3.71. The smallest absolute Gasteiger partial charge is 0.119 e. The van der Waals surface area contributed by atoms with Gasteiger partial charge in [-0.15, -0.1) is 12.6 Å². The zero-order chi connectivity index (χ0) is 7.68. The Labute approximate surface area is 69.7 Å². The summed E-state index contributed by atoms with van der Waals surface area (Å²) in [5.41, 5.74) is 0.860. The number of rotatable bonds is 0. The van der Waals surface area contributed by atoms with Crippen LogP contribution in [0.15, 0.2) is 35.6 Å². The molecule has 2 rings (SSSR count). The van der Waals surface area contributed by atoms with Gasteiger partial charge >= 0.3 is 0 Å². The first-order chi connectivity index (χ1) is 5.38. The summed E-state index contributed by atoms with van der Waals surface area (Å²) < 4.78 is 0. The van der Waals surface area contributed by atoms with Crippen molar-refractivity contribution in [2.24, 2.45) is 0 Å². The van der Waals surface area contributed by atoms with Crippen molar-refractivity contribution in [1.82, 2.24) is 9.97 Å². The molecule has 2 heterocycles. The first-order valence-electron chi connectivity index (χ1n) is 3.26. The van der Waals surface area contributed by atoms with E-state index in [-0.39, 0.29) is 0 Å². The van der Waals surface area contributed by atoms with Crippen LogP contribution in [0.1, 0.15) is 0 Å². The minimum absolute atomic E-state index is 0.683. The lowest BCUT2D eigenvalue weighted by atomic mass is 10.3. The summed E-state index contributed by atoms with van der Waals surface area (Å²) in [6.45, 7) is 0. The van der Waals surface area contributed by atoms with Crippen molar-refractivity contribution in [2.75, 3.05) is 0 Å². The molecule has 0 aromatic carbocycles. The fourth-order valence-corrected chi connectivity index (χ4v) is 1.24. The van der Waals surface area contributed by atoms with Crippen LogP contribution in [0.2, 0.25) is 0 Å². The van der Waals surface area contributed by atoms with Gasteiger partial charge in [-0.2, -0.15) is 0 Å². The van der Waals surface area contributed by atoms with Crippen LogP contribution in [0, 0.1) is 0 Å². The van der Waals surface area contributed by atoms with Crippen molar-refractivity contribution in [3.8, 4) is 0 Å². The van der Waals surface area contributed by atoms with Gasteiger partial charge in [0, 0.05) is 17.8 Å². The van der Waals surface area contributed by atoms with Gasteiger partial charge in [0.1, 0.15) is 10.5 Å². The molecule has 2 aromatic heterocycles. The maximum atomic E-state index is 4.18. The molecule has 0 spiro atoms. The largest absolute Gasteiger partial charge is 0.253 e. The van der Waals surface area contributed by atoms with Gasteiger partial charge < -0.3 is 0 Å². The summed E-state index contributed by atoms with van der Waals surface area (Å²) in [5.74, 6) is 0. The van der Waals surface area contributed by atoms with Crippen molar-refractivity contribution in [3.63, 3.8) is 0 Å². The Morgan fingerprint density at radius 1 is 1.09 bits per heavy atom. The average Bonchev–Trinajstić information content (AvgIpc) is 2.06. The molecular formula is C8H6N2S. The molecule has 0 aliphatic rings. The van der Waals surface area contributed by atoms with Crippen LogP contribution in [0.5, 0.6) is 0 Å². The van der Waals surface area contributed by atoms with Crippen molar-refractivity contribution in [1.29, 1.82) is 0 Å². The minimum atomic E-state index is 0.683. The fraction of sp³-hybridized carbons (Fsp3) is 0. The summed E-state index contributed by atoms with van der Waals surface area (Å²) in [4.78, 5) is 8.15. The van der Waals surface area contributed by atoms with E-state index >= 15 is 0 Å². The van der Waals surface area contributed by atoms with Gasteiger partial charge in [-0.25, -0.2) is 4.98 Å². The highest BCUT2D eigenvalue weighted by atomic mass is 32.1. The molecule has 2 aromatic rings. The average molecular weight is 162 g/mol. The van der Waals surface area contributed by atoms with Crippen LogP contribution in [-0.2, 0) is 0 Å². The van der Waals surface area contributed by atoms with Gasteiger partial charge in [0.15, 0.2) is 0 Å². The van der Waals surface area contributed by atoms with Gasteiger partial charge in [0.2, 0.25) is 0 Å². The molecule has 0 aliphatic carbocycles. The quantitative estimate of drug-likeness (QED) is 0.599. The lowest BCUT2D eigenvalue weighted by Gasteiger charge is -1.96. The minimum Gasteiger partial charge on any atom is -0.253 e. The lowest BCUT2D eigenvalue weighted by Crippen LogP contribution is -1.81. The van der Waals surface area contributed by atoms with E-state index in [2.05, 4.69) is 22.6 Å². The van der Waals surface area contributed by atoms with Crippen LogP contribution in [-0.4, -0.2) is 9.97 Å². The van der Waals surface area contributed by atoms with Crippen molar-refractivity contribution in [2.45, 2.75) is 5.03 Å². The van der Waals surface area contributed by atoms with E-state index in [4.69, 9.17) is 0 Å². The van der Waals surface area contributed by atoms with Crippen LogP contribution >= 0.6 is 12.6 Å². The molecule has 3 heteroatoms. The summed E-state index contributed by atoms with van der Waals surface area (Å²) in [5, 5.41) is 1.76. The summed E-state index contributed by atoms with van der Waals surface area (Å²) in [7, 11) is 0. The normalized spacial score (nSPS) is 10.3. The van der Waals surface area contributed by atoms with E-state index in [0.717, 1.165) is 10.9 Å². The first kappa shape index (κ1) is 6.61. The molecule has 54 valence electrons. The molecular weight excluding hydrogens is 156 g/mol. The van der Waals surface area contributed by atoms with Gasteiger partial charge in [0.25, 0.3) is 0 Å². The molecule has 0 fully saturated rings. The molecule has 0 saturated carbocycles. The van der Waals surface area contributed by atoms with E-state index in [9.17, 15) is 0 Å². The lowest BCUT2D eigenvalue weighted by molar-refractivity contribution is 1.15. The van der Waals surface area contributed by atoms with E-state index < -0.39 is 0 Å². The van der Waals surface area contributed by atoms with E-state index in [0.29, 0.717) is 5.03 Å². The predicted molar refractivity (Wildman–Crippen MR) is 46.8 cm³/mol. The second-order valence-electron chi connectivity index (χ2n) is 2.21. The van der Waals surface area contributed by atoms with Gasteiger partial charge in [-0.05, 0) is 12.1 Å². The number of nitrogens with zero attached hydrogens (tertiary/aromatic N) is 2. The van der Waals surface area contributed by atoms with Gasteiger partial charge in [-0.3, -0.25) is 4.98 Å². The number of aromatic nitrogens is 2. The number of hydrogen-bond acceptors (Lipinski definition) is 3. The molecule has 0 bridgehead atoms. The van der Waals surface area contributed by atoms with E-state index in [1.807, 2.05) is 18.2 Å². The van der Waals surface area contributed by atoms with Crippen molar-refractivity contribution >= 4 is 23.5 Å². The Morgan fingerprint density at radius 3 is 2.82 bits per heavy atom. The Hall–Kier alpha value is -1.09. The summed E-state index contributed by atoms with van der Waals surface area (Å²) >= 11 is 4.18. The highest BCUT2D eigenvalue weighted by Crippen LogP contribution is 2.15. The van der Waals surface area contributed by atoms with Crippen LogP contribution in [0.25, 0.3) is 10.9 Å². The molecule has 0 saturated heterocycles. The number of pyridine rings is 2.